The number of aryl methyl sites for hydroxylation is 2. The van der Waals surface area contributed by atoms with Crippen LogP contribution >= 0.6 is 0 Å². The minimum Gasteiger partial charge on any atom is -0.466 e. The number of hydrogen-bond acceptors (Lipinski definition) is 4. The van der Waals surface area contributed by atoms with Crippen LogP contribution in [0.2, 0.25) is 0 Å². The van der Waals surface area contributed by atoms with Gasteiger partial charge >= 0.3 is 5.97 Å². The van der Waals surface area contributed by atoms with Gasteiger partial charge in [0.15, 0.2) is 0 Å². The summed E-state index contributed by atoms with van der Waals surface area (Å²) < 4.78 is 5.09. The second-order valence-corrected chi connectivity index (χ2v) is 7.37. The molecule has 0 atom stereocenters. The molecule has 1 N–H and O–H groups in total. The molecule has 2 aliphatic rings. The van der Waals surface area contributed by atoms with E-state index >= 15 is 0 Å². The Hall–Kier alpha value is -2.56. The molecule has 0 radical (unpaired) electrons. The van der Waals surface area contributed by atoms with Gasteiger partial charge in [0.25, 0.3) is 0 Å². The van der Waals surface area contributed by atoms with E-state index < -0.39 is 0 Å². The number of esters is 1. The molecule has 1 amide bonds. The molecular formula is C22H26N2O3. The third-order valence-electron chi connectivity index (χ3n) is 5.77. The van der Waals surface area contributed by atoms with Gasteiger partial charge in [-0.3, -0.25) is 9.59 Å². The molecule has 0 aromatic heterocycles. The number of piperidine rings is 1. The van der Waals surface area contributed by atoms with Gasteiger partial charge in [-0.05, 0) is 55.2 Å². The number of amides is 1. The van der Waals surface area contributed by atoms with Gasteiger partial charge in [0.2, 0.25) is 5.91 Å². The van der Waals surface area contributed by atoms with E-state index in [4.69, 9.17) is 4.74 Å². The lowest BCUT2D eigenvalue weighted by molar-refractivity contribution is -0.151. The van der Waals surface area contributed by atoms with Crippen LogP contribution < -0.4 is 5.32 Å². The van der Waals surface area contributed by atoms with E-state index in [0.29, 0.717) is 32.5 Å². The van der Waals surface area contributed by atoms with Crippen molar-refractivity contribution in [3.63, 3.8) is 0 Å². The third kappa shape index (κ3) is 3.51. The first-order valence-electron chi connectivity index (χ1n) is 9.89. The Morgan fingerprint density at radius 2 is 1.85 bits per heavy atom. The Bertz CT molecular complexity index is 859. The van der Waals surface area contributed by atoms with Gasteiger partial charge in [-0.2, -0.15) is 0 Å². The van der Waals surface area contributed by atoms with Crippen LogP contribution in [0.3, 0.4) is 0 Å². The number of anilines is 1. The maximum absolute atomic E-state index is 12.6. The zero-order chi connectivity index (χ0) is 18.8. The fraction of sp³-hybridized carbons (Fsp3) is 0.455. The Balaban J connectivity index is 1.37. The fourth-order valence-corrected chi connectivity index (χ4v) is 4.31. The van der Waals surface area contributed by atoms with Crippen LogP contribution in [0.4, 0.5) is 5.69 Å². The van der Waals surface area contributed by atoms with Gasteiger partial charge in [-0.15, -0.1) is 0 Å². The highest BCUT2D eigenvalue weighted by Gasteiger charge is 2.28. The van der Waals surface area contributed by atoms with Crippen molar-refractivity contribution in [1.82, 2.24) is 4.90 Å². The van der Waals surface area contributed by atoms with E-state index in [0.717, 1.165) is 18.5 Å². The molecule has 0 spiro atoms. The number of hydrogen-bond donors (Lipinski definition) is 1. The molecule has 2 aromatic carbocycles. The van der Waals surface area contributed by atoms with Crippen LogP contribution in [0.1, 0.15) is 30.9 Å². The van der Waals surface area contributed by atoms with Crippen molar-refractivity contribution in [2.45, 2.75) is 32.6 Å². The molecule has 1 saturated heterocycles. The molecule has 0 unspecified atom stereocenters. The van der Waals surface area contributed by atoms with Crippen molar-refractivity contribution in [2.24, 2.45) is 5.92 Å². The highest BCUT2D eigenvalue weighted by molar-refractivity contribution is 6.00. The Morgan fingerprint density at radius 3 is 2.59 bits per heavy atom. The largest absolute Gasteiger partial charge is 0.466 e. The number of carbonyl (C=O) groups excluding carboxylic acids is 2. The molecule has 5 nitrogen and oxygen atoms in total. The van der Waals surface area contributed by atoms with E-state index in [1.54, 1.807) is 0 Å². The summed E-state index contributed by atoms with van der Waals surface area (Å²) in [7, 11) is 0. The topological polar surface area (TPSA) is 58.6 Å². The molecule has 0 saturated carbocycles. The molecule has 2 aromatic rings. The van der Waals surface area contributed by atoms with Crippen LogP contribution in [0.25, 0.3) is 10.8 Å². The monoisotopic (exact) mass is 366 g/mol. The number of carbonyl (C=O) groups is 2. The maximum Gasteiger partial charge on any atom is 0.309 e. The Labute approximate surface area is 159 Å². The molecular weight excluding hydrogens is 340 g/mol. The molecule has 1 aliphatic heterocycles. The number of ether oxygens (including phenoxy) is 1. The molecule has 0 bridgehead atoms. The minimum absolute atomic E-state index is 0.0709. The summed E-state index contributed by atoms with van der Waals surface area (Å²) in [5, 5.41) is 5.90. The maximum atomic E-state index is 12.6. The summed E-state index contributed by atoms with van der Waals surface area (Å²) in [6.07, 6.45) is 3.58. The second kappa shape index (κ2) is 7.59. The first-order chi connectivity index (χ1) is 13.2. The summed E-state index contributed by atoms with van der Waals surface area (Å²) in [4.78, 5) is 26.3. The predicted molar refractivity (Wildman–Crippen MR) is 106 cm³/mol. The number of nitrogens with zero attached hydrogens (tertiary/aromatic N) is 1. The first kappa shape index (κ1) is 17.8. The summed E-state index contributed by atoms with van der Waals surface area (Å²) in [5.74, 6) is -0.116. The van der Waals surface area contributed by atoms with E-state index in [-0.39, 0.29) is 24.3 Å². The lowest BCUT2D eigenvalue weighted by Crippen LogP contribution is -2.43. The van der Waals surface area contributed by atoms with Gasteiger partial charge < -0.3 is 15.0 Å². The highest BCUT2D eigenvalue weighted by Crippen LogP contribution is 2.34. The molecule has 27 heavy (non-hydrogen) atoms. The van der Waals surface area contributed by atoms with Crippen LogP contribution in [0.5, 0.6) is 0 Å². The molecule has 1 fully saturated rings. The van der Waals surface area contributed by atoms with Crippen molar-refractivity contribution in [1.29, 1.82) is 0 Å². The highest BCUT2D eigenvalue weighted by atomic mass is 16.5. The van der Waals surface area contributed by atoms with Crippen molar-refractivity contribution in [3.05, 3.63) is 41.5 Å². The minimum atomic E-state index is -0.129. The van der Waals surface area contributed by atoms with Gasteiger partial charge in [0, 0.05) is 24.2 Å². The van der Waals surface area contributed by atoms with Gasteiger partial charge in [0.1, 0.15) is 0 Å². The van der Waals surface area contributed by atoms with Crippen LogP contribution in [-0.4, -0.2) is 43.0 Å². The van der Waals surface area contributed by atoms with Crippen molar-refractivity contribution < 1.29 is 14.3 Å². The van der Waals surface area contributed by atoms with E-state index in [9.17, 15) is 9.59 Å². The Morgan fingerprint density at radius 1 is 1.11 bits per heavy atom. The zero-order valence-electron chi connectivity index (χ0n) is 15.8. The van der Waals surface area contributed by atoms with Gasteiger partial charge in [0.05, 0.1) is 19.1 Å². The van der Waals surface area contributed by atoms with Crippen molar-refractivity contribution in [3.8, 4) is 0 Å². The smallest absolute Gasteiger partial charge is 0.309 e. The summed E-state index contributed by atoms with van der Waals surface area (Å²) in [6.45, 7) is 3.75. The number of rotatable bonds is 5. The summed E-state index contributed by atoms with van der Waals surface area (Å²) in [6, 6.07) is 10.7. The standard InChI is InChI=1S/C22H26N2O3/c1-2-27-22(26)17-10-12-24(13-11-17)20(25)14-23-19-9-8-16-7-6-15-4-3-5-18(19)21(15)16/h3-5,8-9,17,23H,2,6-7,10-14H2,1H3. The summed E-state index contributed by atoms with van der Waals surface area (Å²) >= 11 is 0. The Kier molecular flexibility index (Phi) is 5.01. The van der Waals surface area contributed by atoms with E-state index in [1.165, 1.54) is 21.9 Å². The number of nitrogens with one attached hydrogen (secondary N) is 1. The van der Waals surface area contributed by atoms with Crippen LogP contribution in [0, 0.1) is 5.92 Å². The van der Waals surface area contributed by atoms with Gasteiger partial charge in [-0.1, -0.05) is 24.3 Å². The van der Waals surface area contributed by atoms with Gasteiger partial charge in [-0.25, -0.2) is 0 Å². The third-order valence-corrected chi connectivity index (χ3v) is 5.77. The predicted octanol–water partition coefficient (Wildman–Crippen LogP) is 3.15. The normalized spacial score (nSPS) is 16.6. The number of benzene rings is 2. The second-order valence-electron chi connectivity index (χ2n) is 7.37. The van der Waals surface area contributed by atoms with Crippen molar-refractivity contribution in [2.75, 3.05) is 31.6 Å². The summed E-state index contributed by atoms with van der Waals surface area (Å²) in [5.41, 5.74) is 3.82. The molecule has 4 rings (SSSR count). The van der Waals surface area contributed by atoms with E-state index in [2.05, 4.69) is 35.6 Å². The zero-order valence-corrected chi connectivity index (χ0v) is 15.8. The average molecular weight is 366 g/mol. The molecule has 5 heteroatoms. The lowest BCUT2D eigenvalue weighted by atomic mass is 9.97. The number of likely N-dealkylation sites (tertiary alicyclic amines) is 1. The van der Waals surface area contributed by atoms with Crippen molar-refractivity contribution >= 4 is 28.3 Å². The van der Waals surface area contributed by atoms with Crippen LogP contribution in [-0.2, 0) is 27.2 Å². The van der Waals surface area contributed by atoms with Crippen LogP contribution in [0.15, 0.2) is 30.3 Å². The molecule has 1 heterocycles. The van der Waals surface area contributed by atoms with E-state index in [1.807, 2.05) is 11.8 Å². The average Bonchev–Trinajstić information content (AvgIpc) is 3.12. The fourth-order valence-electron chi connectivity index (χ4n) is 4.31. The molecule has 1 aliphatic carbocycles. The first-order valence-corrected chi connectivity index (χ1v) is 9.89. The molecule has 142 valence electrons. The lowest BCUT2D eigenvalue weighted by Gasteiger charge is -2.31. The SMILES string of the molecule is CCOC(=O)C1CCN(C(=O)CNc2ccc3c4c(cccc24)CC3)CC1. The quantitative estimate of drug-likeness (QED) is 0.826.